The zero-order valence-corrected chi connectivity index (χ0v) is 22.4. The Labute approximate surface area is 213 Å². The van der Waals surface area contributed by atoms with Crippen LogP contribution in [0.1, 0.15) is 37.9 Å². The Hall–Kier alpha value is -1.85. The standard InChI is InChI=1S/C24H36FN5O2.HI/c1-5-26-23(28-17-24(4,31)22-10-7-18(3)32-22)27-16-19-8-9-21(20(25)15-19)30-13-11-29(6-2)12-14-30;/h7-10,15,31H,5-6,11-14,16-17H2,1-4H3,(H2,26,27,28);1H. The van der Waals surface area contributed by atoms with Crippen molar-refractivity contribution in [1.82, 2.24) is 15.5 Å². The molecule has 3 N–H and O–H groups in total. The molecule has 3 rings (SSSR count). The Morgan fingerprint density at radius 2 is 1.88 bits per heavy atom. The number of hydrogen-bond acceptors (Lipinski definition) is 5. The first-order chi connectivity index (χ1) is 15.3. The van der Waals surface area contributed by atoms with Crippen LogP contribution in [0.15, 0.2) is 39.7 Å². The van der Waals surface area contributed by atoms with E-state index in [1.165, 1.54) is 0 Å². The molecule has 1 unspecified atom stereocenters. The number of benzene rings is 1. The molecule has 33 heavy (non-hydrogen) atoms. The van der Waals surface area contributed by atoms with Crippen molar-refractivity contribution in [2.45, 2.75) is 39.8 Å². The summed E-state index contributed by atoms with van der Waals surface area (Å²) in [6, 6.07) is 8.94. The van der Waals surface area contributed by atoms with E-state index in [0.717, 1.165) is 44.0 Å². The van der Waals surface area contributed by atoms with Gasteiger partial charge in [0.15, 0.2) is 5.96 Å². The van der Waals surface area contributed by atoms with Crippen molar-refractivity contribution < 1.29 is 13.9 Å². The number of nitrogens with zero attached hydrogens (tertiary/aromatic N) is 3. The first-order valence-corrected chi connectivity index (χ1v) is 11.4. The zero-order valence-electron chi connectivity index (χ0n) is 20.0. The van der Waals surface area contributed by atoms with Crippen molar-refractivity contribution in [1.29, 1.82) is 0 Å². The normalized spacial score (nSPS) is 16.8. The van der Waals surface area contributed by atoms with Gasteiger partial charge in [-0.05, 0) is 57.1 Å². The van der Waals surface area contributed by atoms with Gasteiger partial charge in [-0.25, -0.2) is 9.38 Å². The van der Waals surface area contributed by atoms with E-state index in [0.29, 0.717) is 30.5 Å². The summed E-state index contributed by atoms with van der Waals surface area (Å²) in [5, 5.41) is 17.0. The summed E-state index contributed by atoms with van der Waals surface area (Å²) in [4.78, 5) is 9.04. The average Bonchev–Trinajstić information content (AvgIpc) is 3.23. The van der Waals surface area contributed by atoms with Gasteiger partial charge in [-0.1, -0.05) is 13.0 Å². The molecule has 0 amide bonds. The summed E-state index contributed by atoms with van der Waals surface area (Å²) in [6.07, 6.45) is 0. The molecule has 0 bridgehead atoms. The number of aryl methyl sites for hydroxylation is 1. The predicted octanol–water partition coefficient (Wildman–Crippen LogP) is 3.45. The number of aliphatic imine (C=N–C) groups is 1. The van der Waals surface area contributed by atoms with Crippen LogP contribution in [0.3, 0.4) is 0 Å². The molecule has 1 atom stereocenters. The Balaban J connectivity index is 0.00000385. The third-order valence-corrected chi connectivity index (χ3v) is 5.81. The number of aliphatic hydroxyl groups is 1. The van der Waals surface area contributed by atoms with Crippen LogP contribution in [0, 0.1) is 12.7 Å². The van der Waals surface area contributed by atoms with Crippen LogP contribution in [0.5, 0.6) is 0 Å². The molecule has 2 heterocycles. The van der Waals surface area contributed by atoms with Crippen LogP contribution in [-0.2, 0) is 12.1 Å². The first-order valence-electron chi connectivity index (χ1n) is 11.4. The lowest BCUT2D eigenvalue weighted by Crippen LogP contribution is -2.46. The van der Waals surface area contributed by atoms with E-state index < -0.39 is 5.60 Å². The summed E-state index contributed by atoms with van der Waals surface area (Å²) in [6.45, 7) is 13.5. The van der Waals surface area contributed by atoms with Gasteiger partial charge < -0.3 is 30.0 Å². The van der Waals surface area contributed by atoms with Gasteiger partial charge in [0.25, 0.3) is 0 Å². The van der Waals surface area contributed by atoms with Gasteiger partial charge in [-0.15, -0.1) is 24.0 Å². The Bertz CT molecular complexity index is 910. The Morgan fingerprint density at radius 3 is 2.45 bits per heavy atom. The van der Waals surface area contributed by atoms with Crippen molar-refractivity contribution in [3.05, 3.63) is 53.2 Å². The van der Waals surface area contributed by atoms with Crippen LogP contribution in [-0.4, -0.2) is 61.8 Å². The SMILES string of the molecule is CCNC(=NCc1ccc(N2CCN(CC)CC2)c(F)c1)NCC(C)(O)c1ccc(C)o1.I. The molecule has 0 saturated carbocycles. The van der Waals surface area contributed by atoms with Gasteiger partial charge in [-0.2, -0.15) is 0 Å². The van der Waals surface area contributed by atoms with E-state index in [1.807, 2.05) is 32.0 Å². The zero-order chi connectivity index (χ0) is 23.1. The van der Waals surface area contributed by atoms with Crippen LogP contribution in [0.25, 0.3) is 0 Å². The molecule has 0 spiro atoms. The first kappa shape index (κ1) is 27.4. The highest BCUT2D eigenvalue weighted by atomic mass is 127. The molecular weight excluding hydrogens is 536 g/mol. The van der Waals surface area contributed by atoms with Crippen molar-refractivity contribution in [3.63, 3.8) is 0 Å². The van der Waals surface area contributed by atoms with Crippen LogP contribution >= 0.6 is 24.0 Å². The number of piperazine rings is 1. The summed E-state index contributed by atoms with van der Waals surface area (Å²) >= 11 is 0. The summed E-state index contributed by atoms with van der Waals surface area (Å²) in [5.74, 6) is 1.59. The highest BCUT2D eigenvalue weighted by molar-refractivity contribution is 14.0. The average molecular weight is 573 g/mol. The second-order valence-corrected chi connectivity index (χ2v) is 8.44. The fourth-order valence-electron chi connectivity index (χ4n) is 3.79. The molecule has 1 saturated heterocycles. The van der Waals surface area contributed by atoms with E-state index in [4.69, 9.17) is 4.42 Å². The lowest BCUT2D eigenvalue weighted by molar-refractivity contribution is 0.0378. The molecule has 1 aliphatic heterocycles. The van der Waals surface area contributed by atoms with E-state index in [9.17, 15) is 9.50 Å². The van der Waals surface area contributed by atoms with Crippen LogP contribution in [0.4, 0.5) is 10.1 Å². The monoisotopic (exact) mass is 573 g/mol. The fraction of sp³-hybridized carbons (Fsp3) is 0.542. The molecule has 1 fully saturated rings. The highest BCUT2D eigenvalue weighted by Crippen LogP contribution is 2.23. The number of nitrogens with one attached hydrogen (secondary N) is 2. The maximum Gasteiger partial charge on any atom is 0.191 e. The maximum absolute atomic E-state index is 14.8. The predicted molar refractivity (Wildman–Crippen MR) is 142 cm³/mol. The van der Waals surface area contributed by atoms with Crippen LogP contribution < -0.4 is 15.5 Å². The second kappa shape index (κ2) is 12.6. The molecule has 184 valence electrons. The summed E-state index contributed by atoms with van der Waals surface area (Å²) in [5.41, 5.74) is 0.271. The van der Waals surface area contributed by atoms with E-state index in [2.05, 4.69) is 32.3 Å². The number of halogens is 2. The lowest BCUT2D eigenvalue weighted by Gasteiger charge is -2.35. The molecule has 2 aromatic rings. The summed E-state index contributed by atoms with van der Waals surface area (Å²) in [7, 11) is 0. The molecule has 9 heteroatoms. The van der Waals surface area contributed by atoms with Gasteiger partial charge in [0.1, 0.15) is 22.9 Å². The van der Waals surface area contributed by atoms with Gasteiger partial charge in [-0.3, -0.25) is 0 Å². The van der Waals surface area contributed by atoms with E-state index in [1.54, 1.807) is 19.1 Å². The number of likely N-dealkylation sites (N-methyl/N-ethyl adjacent to an activating group) is 1. The molecule has 1 aromatic carbocycles. The minimum atomic E-state index is -1.18. The fourth-order valence-corrected chi connectivity index (χ4v) is 3.79. The largest absolute Gasteiger partial charge is 0.463 e. The Morgan fingerprint density at radius 1 is 1.15 bits per heavy atom. The van der Waals surface area contributed by atoms with Gasteiger partial charge in [0.2, 0.25) is 0 Å². The molecule has 0 radical (unpaired) electrons. The van der Waals surface area contributed by atoms with Crippen LogP contribution in [0.2, 0.25) is 0 Å². The highest BCUT2D eigenvalue weighted by Gasteiger charge is 2.27. The van der Waals surface area contributed by atoms with Gasteiger partial charge in [0.05, 0.1) is 18.8 Å². The molecular formula is C24H37FIN5O2. The van der Waals surface area contributed by atoms with Crippen molar-refractivity contribution in [2.24, 2.45) is 4.99 Å². The number of anilines is 1. The van der Waals surface area contributed by atoms with Crippen molar-refractivity contribution >= 4 is 35.6 Å². The van der Waals surface area contributed by atoms with Crippen molar-refractivity contribution in [2.75, 3.05) is 50.7 Å². The maximum atomic E-state index is 14.8. The second-order valence-electron chi connectivity index (χ2n) is 8.44. The molecule has 0 aliphatic carbocycles. The minimum absolute atomic E-state index is 0. The van der Waals surface area contributed by atoms with Crippen molar-refractivity contribution in [3.8, 4) is 0 Å². The number of guanidine groups is 1. The molecule has 1 aromatic heterocycles. The quantitative estimate of drug-likeness (QED) is 0.255. The molecule has 7 nitrogen and oxygen atoms in total. The number of rotatable bonds is 8. The Kier molecular flexibility index (Phi) is 10.4. The van der Waals surface area contributed by atoms with E-state index in [-0.39, 0.29) is 36.3 Å². The third-order valence-electron chi connectivity index (χ3n) is 5.81. The van der Waals surface area contributed by atoms with Gasteiger partial charge >= 0.3 is 0 Å². The van der Waals surface area contributed by atoms with E-state index >= 15 is 0 Å². The molecule has 1 aliphatic rings. The van der Waals surface area contributed by atoms with Gasteiger partial charge in [0, 0.05) is 32.7 Å². The number of furan rings is 1. The third kappa shape index (κ3) is 7.58. The smallest absolute Gasteiger partial charge is 0.191 e. The number of hydrogen-bond donors (Lipinski definition) is 3. The summed E-state index contributed by atoms with van der Waals surface area (Å²) < 4.78 is 20.4. The topological polar surface area (TPSA) is 76.3 Å². The minimum Gasteiger partial charge on any atom is -0.463 e. The lowest BCUT2D eigenvalue weighted by atomic mass is 10.0.